The van der Waals surface area contributed by atoms with Crippen LogP contribution in [0.4, 0.5) is 0 Å². The molecule has 1 saturated heterocycles. The van der Waals surface area contributed by atoms with Gasteiger partial charge in [0, 0.05) is 23.1 Å². The second-order valence-electron chi connectivity index (χ2n) is 4.48. The fourth-order valence-corrected chi connectivity index (χ4v) is 2.58. The number of rotatable bonds is 3. The number of halogens is 2. The smallest absolute Gasteiger partial charge is 0.168 e. The fourth-order valence-electron chi connectivity index (χ4n) is 2.05. The zero-order valence-corrected chi connectivity index (χ0v) is 11.1. The molecule has 1 heterocycles. The maximum Gasteiger partial charge on any atom is 0.168 e. The zero-order valence-electron chi connectivity index (χ0n) is 9.63. The van der Waals surface area contributed by atoms with Crippen LogP contribution in [-0.2, 0) is 16.0 Å². The average Bonchev–Trinajstić information content (AvgIpc) is 2.72. The number of hydrogen-bond acceptors (Lipinski definition) is 2. The molecule has 92 valence electrons. The molecule has 0 aromatic heterocycles. The van der Waals surface area contributed by atoms with Gasteiger partial charge in [0.25, 0.3) is 0 Å². The van der Waals surface area contributed by atoms with Gasteiger partial charge < -0.3 is 4.74 Å². The Morgan fingerprint density at radius 1 is 1.41 bits per heavy atom. The van der Waals surface area contributed by atoms with E-state index in [9.17, 15) is 4.79 Å². The quantitative estimate of drug-likeness (QED) is 0.839. The van der Waals surface area contributed by atoms with Gasteiger partial charge in [0.2, 0.25) is 0 Å². The summed E-state index contributed by atoms with van der Waals surface area (Å²) < 4.78 is 5.52. The van der Waals surface area contributed by atoms with Gasteiger partial charge in [0.1, 0.15) is 5.60 Å². The molecule has 1 atom stereocenters. The fraction of sp³-hybridized carbons (Fsp3) is 0.462. The third-order valence-corrected chi connectivity index (χ3v) is 3.92. The number of Topliss-reactive ketones (excluding diaryl/α,β-unsaturated/α-hetero) is 1. The maximum absolute atomic E-state index is 12.2. The Hall–Kier alpha value is -0.570. The van der Waals surface area contributed by atoms with E-state index in [0.717, 1.165) is 12.8 Å². The topological polar surface area (TPSA) is 26.3 Å². The third kappa shape index (κ3) is 2.65. The number of ether oxygens (including phenoxy) is 1. The van der Waals surface area contributed by atoms with Crippen LogP contribution in [0, 0.1) is 0 Å². The van der Waals surface area contributed by atoms with Gasteiger partial charge in [0.05, 0.1) is 0 Å². The van der Waals surface area contributed by atoms with E-state index in [1.807, 2.05) is 6.92 Å². The highest BCUT2D eigenvalue weighted by Gasteiger charge is 2.37. The number of carbonyl (C=O) groups is 1. The van der Waals surface area contributed by atoms with Gasteiger partial charge in [-0.25, -0.2) is 0 Å². The summed E-state index contributed by atoms with van der Waals surface area (Å²) in [7, 11) is 0. The highest BCUT2D eigenvalue weighted by molar-refractivity contribution is 6.36. The summed E-state index contributed by atoms with van der Waals surface area (Å²) in [6.07, 6.45) is 1.93. The highest BCUT2D eigenvalue weighted by Crippen LogP contribution is 2.31. The van der Waals surface area contributed by atoms with Crippen molar-refractivity contribution in [3.05, 3.63) is 33.8 Å². The molecule has 0 saturated carbocycles. The van der Waals surface area contributed by atoms with E-state index in [0.29, 0.717) is 22.2 Å². The molecule has 0 aliphatic carbocycles. The van der Waals surface area contributed by atoms with Crippen LogP contribution in [-0.4, -0.2) is 18.0 Å². The van der Waals surface area contributed by atoms with Crippen molar-refractivity contribution in [2.75, 3.05) is 6.61 Å². The van der Waals surface area contributed by atoms with Gasteiger partial charge in [-0.05, 0) is 37.5 Å². The molecule has 4 heteroatoms. The van der Waals surface area contributed by atoms with Crippen molar-refractivity contribution < 1.29 is 9.53 Å². The maximum atomic E-state index is 12.2. The first kappa shape index (κ1) is 12.9. The number of hydrogen-bond donors (Lipinski definition) is 0. The van der Waals surface area contributed by atoms with Crippen molar-refractivity contribution >= 4 is 29.0 Å². The SMILES string of the molecule is CC1(C(=O)Cc2c(Cl)cccc2Cl)CCCO1. The molecule has 1 aliphatic rings. The molecule has 0 bridgehead atoms. The van der Waals surface area contributed by atoms with Crippen molar-refractivity contribution in [1.29, 1.82) is 0 Å². The van der Waals surface area contributed by atoms with Crippen molar-refractivity contribution in [3.63, 3.8) is 0 Å². The summed E-state index contributed by atoms with van der Waals surface area (Å²) in [6, 6.07) is 5.26. The van der Waals surface area contributed by atoms with Gasteiger partial charge in [-0.1, -0.05) is 29.3 Å². The molecule has 1 fully saturated rings. The molecule has 17 heavy (non-hydrogen) atoms. The number of carbonyl (C=O) groups excluding carboxylic acids is 1. The summed E-state index contributed by atoms with van der Waals surface area (Å²) in [5.41, 5.74) is 0.0280. The Morgan fingerprint density at radius 2 is 2.06 bits per heavy atom. The van der Waals surface area contributed by atoms with Crippen LogP contribution in [0.3, 0.4) is 0 Å². The number of benzene rings is 1. The third-order valence-electron chi connectivity index (χ3n) is 3.21. The Bertz CT molecular complexity index is 417. The van der Waals surface area contributed by atoms with E-state index in [4.69, 9.17) is 27.9 Å². The molecular weight excluding hydrogens is 259 g/mol. The Balaban J connectivity index is 2.18. The van der Waals surface area contributed by atoms with Crippen LogP contribution in [0.15, 0.2) is 18.2 Å². The molecular formula is C13H14Cl2O2. The first-order chi connectivity index (χ1) is 8.03. The van der Waals surface area contributed by atoms with Crippen molar-refractivity contribution in [2.24, 2.45) is 0 Å². The molecule has 2 rings (SSSR count). The standard InChI is InChI=1S/C13H14Cl2O2/c1-13(6-3-7-17-13)12(16)8-9-10(14)4-2-5-11(9)15/h2,4-5H,3,6-8H2,1H3. The van der Waals surface area contributed by atoms with Crippen LogP contribution in [0.2, 0.25) is 10.0 Å². The second kappa shape index (κ2) is 4.97. The lowest BCUT2D eigenvalue weighted by Gasteiger charge is -2.21. The molecule has 1 aromatic rings. The minimum atomic E-state index is -0.664. The van der Waals surface area contributed by atoms with Crippen LogP contribution < -0.4 is 0 Å². The lowest BCUT2D eigenvalue weighted by molar-refractivity contribution is -0.136. The van der Waals surface area contributed by atoms with Gasteiger partial charge in [-0.15, -0.1) is 0 Å². The normalized spacial score (nSPS) is 23.9. The predicted octanol–water partition coefficient (Wildman–Crippen LogP) is 3.67. The minimum absolute atomic E-state index is 0.0463. The largest absolute Gasteiger partial charge is 0.367 e. The van der Waals surface area contributed by atoms with Crippen LogP contribution in [0.1, 0.15) is 25.3 Å². The molecule has 2 nitrogen and oxygen atoms in total. The Morgan fingerprint density at radius 3 is 2.59 bits per heavy atom. The highest BCUT2D eigenvalue weighted by atomic mass is 35.5. The first-order valence-corrected chi connectivity index (χ1v) is 6.39. The van der Waals surface area contributed by atoms with E-state index in [-0.39, 0.29) is 12.2 Å². The summed E-state index contributed by atoms with van der Waals surface area (Å²) >= 11 is 12.1. The summed E-state index contributed by atoms with van der Waals surface area (Å²) in [6.45, 7) is 2.49. The van der Waals surface area contributed by atoms with Gasteiger partial charge in [-0.2, -0.15) is 0 Å². The summed E-state index contributed by atoms with van der Waals surface area (Å²) in [5, 5.41) is 1.07. The van der Waals surface area contributed by atoms with E-state index >= 15 is 0 Å². The Kier molecular flexibility index (Phi) is 3.76. The zero-order chi connectivity index (χ0) is 12.5. The molecule has 1 aliphatic heterocycles. The minimum Gasteiger partial charge on any atom is -0.367 e. The molecule has 0 amide bonds. The monoisotopic (exact) mass is 272 g/mol. The molecule has 0 N–H and O–H groups in total. The van der Waals surface area contributed by atoms with Gasteiger partial charge in [-0.3, -0.25) is 4.79 Å². The van der Waals surface area contributed by atoms with Crippen LogP contribution >= 0.6 is 23.2 Å². The molecule has 1 unspecified atom stereocenters. The van der Waals surface area contributed by atoms with Crippen molar-refractivity contribution in [1.82, 2.24) is 0 Å². The first-order valence-electron chi connectivity index (χ1n) is 5.63. The van der Waals surface area contributed by atoms with Crippen LogP contribution in [0.5, 0.6) is 0 Å². The van der Waals surface area contributed by atoms with E-state index in [1.165, 1.54) is 0 Å². The average molecular weight is 273 g/mol. The lowest BCUT2D eigenvalue weighted by atomic mass is 9.92. The molecule has 0 spiro atoms. The molecule has 0 radical (unpaired) electrons. The lowest BCUT2D eigenvalue weighted by Crippen LogP contribution is -2.35. The summed E-state index contributed by atoms with van der Waals surface area (Å²) in [5.74, 6) is 0.0463. The van der Waals surface area contributed by atoms with Gasteiger partial charge >= 0.3 is 0 Å². The van der Waals surface area contributed by atoms with Gasteiger partial charge in [0.15, 0.2) is 5.78 Å². The van der Waals surface area contributed by atoms with Crippen molar-refractivity contribution in [2.45, 2.75) is 31.8 Å². The predicted molar refractivity (Wildman–Crippen MR) is 68.8 cm³/mol. The molecule has 1 aromatic carbocycles. The van der Waals surface area contributed by atoms with Crippen LogP contribution in [0.25, 0.3) is 0 Å². The van der Waals surface area contributed by atoms with E-state index in [1.54, 1.807) is 18.2 Å². The van der Waals surface area contributed by atoms with Crippen molar-refractivity contribution in [3.8, 4) is 0 Å². The number of ketones is 1. The van der Waals surface area contributed by atoms with E-state index in [2.05, 4.69) is 0 Å². The van der Waals surface area contributed by atoms with E-state index < -0.39 is 5.60 Å². The Labute approximate surface area is 111 Å². The second-order valence-corrected chi connectivity index (χ2v) is 5.30. The summed E-state index contributed by atoms with van der Waals surface area (Å²) in [4.78, 5) is 12.2.